The van der Waals surface area contributed by atoms with Gasteiger partial charge in [0.1, 0.15) is 5.69 Å². The molecule has 0 radical (unpaired) electrons. The van der Waals surface area contributed by atoms with Gasteiger partial charge in [-0.2, -0.15) is 0 Å². The molecule has 1 aromatic heterocycles. The van der Waals surface area contributed by atoms with Gasteiger partial charge in [0.2, 0.25) is 0 Å². The number of nitrogens with zero attached hydrogens (tertiary/aromatic N) is 1. The molecule has 1 aromatic carbocycles. The number of hydrogen-bond donors (Lipinski definition) is 0. The molecule has 0 amide bonds. The van der Waals surface area contributed by atoms with Crippen LogP contribution < -0.4 is 0 Å². The van der Waals surface area contributed by atoms with Crippen molar-refractivity contribution in [2.75, 3.05) is 0 Å². The van der Waals surface area contributed by atoms with Gasteiger partial charge in [-0.3, -0.25) is 0 Å². The van der Waals surface area contributed by atoms with Crippen LogP contribution in [0.5, 0.6) is 0 Å². The fraction of sp³-hybridized carbons (Fsp3) is 0.100. The molecule has 0 N–H and O–H groups in total. The highest BCUT2D eigenvalue weighted by atomic mass is 35.5. The maximum Gasteiger partial charge on any atom is 0.198 e. The highest BCUT2D eigenvalue weighted by molar-refractivity contribution is 6.16. The minimum atomic E-state index is -1.89. The number of halogens is 5. The summed E-state index contributed by atoms with van der Waals surface area (Å²) in [5.41, 5.74) is -0.683. The lowest BCUT2D eigenvalue weighted by molar-refractivity contribution is 0.393. The summed E-state index contributed by atoms with van der Waals surface area (Å²) in [5, 5.41) is 3.37. The Labute approximate surface area is 97.8 Å². The van der Waals surface area contributed by atoms with E-state index in [2.05, 4.69) is 9.68 Å². The Morgan fingerprint density at radius 1 is 1.06 bits per heavy atom. The Balaban J connectivity index is 2.59. The standard InChI is InChI=1S/C10H4ClF4NO/c11-3-4-1-7(16-17-4)5-2-6(12)9(14)10(15)8(5)13/h1-2H,3H2. The van der Waals surface area contributed by atoms with Crippen LogP contribution in [0.4, 0.5) is 17.6 Å². The zero-order valence-corrected chi connectivity index (χ0v) is 8.86. The monoisotopic (exact) mass is 265 g/mol. The van der Waals surface area contributed by atoms with Crippen LogP contribution in [-0.2, 0) is 5.88 Å². The van der Waals surface area contributed by atoms with Gasteiger partial charge in [0.25, 0.3) is 0 Å². The van der Waals surface area contributed by atoms with Gasteiger partial charge in [0, 0.05) is 11.6 Å². The third-order valence-corrected chi connectivity index (χ3v) is 2.33. The minimum Gasteiger partial charge on any atom is -0.359 e. The van der Waals surface area contributed by atoms with Crippen LogP contribution in [0.3, 0.4) is 0 Å². The first-order valence-electron chi connectivity index (χ1n) is 4.39. The summed E-state index contributed by atoms with van der Waals surface area (Å²) < 4.78 is 56.6. The zero-order valence-electron chi connectivity index (χ0n) is 8.11. The van der Waals surface area contributed by atoms with E-state index in [1.54, 1.807) is 0 Å². The first-order valence-corrected chi connectivity index (χ1v) is 4.93. The Kier molecular flexibility index (Phi) is 3.06. The van der Waals surface area contributed by atoms with Crippen molar-refractivity contribution in [3.63, 3.8) is 0 Å². The van der Waals surface area contributed by atoms with Gasteiger partial charge in [0.15, 0.2) is 29.0 Å². The average molecular weight is 266 g/mol. The van der Waals surface area contributed by atoms with E-state index >= 15 is 0 Å². The molecule has 0 aliphatic heterocycles. The van der Waals surface area contributed by atoms with E-state index in [0.29, 0.717) is 6.07 Å². The topological polar surface area (TPSA) is 26.0 Å². The third kappa shape index (κ3) is 2.00. The molecule has 0 atom stereocenters. The van der Waals surface area contributed by atoms with Crippen LogP contribution >= 0.6 is 11.6 Å². The zero-order chi connectivity index (χ0) is 12.6. The van der Waals surface area contributed by atoms with Gasteiger partial charge in [-0.05, 0) is 6.07 Å². The van der Waals surface area contributed by atoms with Crippen LogP contribution in [0.25, 0.3) is 11.3 Å². The summed E-state index contributed by atoms with van der Waals surface area (Å²) in [6, 6.07) is 1.71. The molecule has 2 aromatic rings. The van der Waals surface area contributed by atoms with Crippen LogP contribution in [-0.4, -0.2) is 5.16 Å². The Morgan fingerprint density at radius 3 is 2.35 bits per heavy atom. The molecular formula is C10H4ClF4NO. The number of rotatable bonds is 2. The van der Waals surface area contributed by atoms with E-state index in [4.69, 9.17) is 11.6 Å². The Morgan fingerprint density at radius 2 is 1.76 bits per heavy atom. The van der Waals surface area contributed by atoms with Crippen LogP contribution in [0.15, 0.2) is 16.7 Å². The normalized spacial score (nSPS) is 10.9. The molecule has 1 heterocycles. The molecular weight excluding hydrogens is 262 g/mol. The van der Waals surface area contributed by atoms with Crippen molar-refractivity contribution >= 4 is 11.6 Å². The number of benzene rings is 1. The van der Waals surface area contributed by atoms with Crippen molar-refractivity contribution in [1.82, 2.24) is 5.16 Å². The van der Waals surface area contributed by atoms with Crippen molar-refractivity contribution in [2.45, 2.75) is 5.88 Å². The Bertz CT molecular complexity index is 570. The lowest BCUT2D eigenvalue weighted by atomic mass is 10.1. The maximum atomic E-state index is 13.3. The van der Waals surface area contributed by atoms with E-state index in [0.717, 1.165) is 0 Å². The van der Waals surface area contributed by atoms with E-state index in [1.807, 2.05) is 0 Å². The molecule has 7 heteroatoms. The number of aromatic nitrogens is 1. The summed E-state index contributed by atoms with van der Waals surface area (Å²) in [5.74, 6) is -6.62. The third-order valence-electron chi connectivity index (χ3n) is 2.07. The quantitative estimate of drug-likeness (QED) is 0.359. The number of alkyl halides is 1. The van der Waals surface area contributed by atoms with E-state index in [-0.39, 0.29) is 17.3 Å². The van der Waals surface area contributed by atoms with Crippen molar-refractivity contribution in [1.29, 1.82) is 0 Å². The smallest absolute Gasteiger partial charge is 0.198 e. The second-order valence-corrected chi connectivity index (χ2v) is 3.43. The van der Waals surface area contributed by atoms with Gasteiger partial charge in [-0.25, -0.2) is 17.6 Å². The molecule has 0 aliphatic carbocycles. The molecule has 17 heavy (non-hydrogen) atoms. The molecule has 0 aliphatic rings. The first-order chi connectivity index (χ1) is 8.04. The van der Waals surface area contributed by atoms with Crippen molar-refractivity contribution in [2.24, 2.45) is 0 Å². The van der Waals surface area contributed by atoms with Crippen LogP contribution in [0, 0.1) is 23.3 Å². The molecule has 0 saturated carbocycles. The van der Waals surface area contributed by atoms with Crippen molar-refractivity contribution < 1.29 is 22.1 Å². The van der Waals surface area contributed by atoms with Crippen molar-refractivity contribution in [3.05, 3.63) is 41.2 Å². The summed E-state index contributed by atoms with van der Waals surface area (Å²) in [6.07, 6.45) is 0. The fourth-order valence-electron chi connectivity index (χ4n) is 1.26. The first kappa shape index (κ1) is 11.9. The predicted octanol–water partition coefficient (Wildman–Crippen LogP) is 3.64. The second kappa shape index (κ2) is 4.37. The number of hydrogen-bond acceptors (Lipinski definition) is 2. The summed E-state index contributed by atoms with van der Waals surface area (Å²) in [6.45, 7) is 0. The van der Waals surface area contributed by atoms with Gasteiger partial charge in [-0.1, -0.05) is 5.16 Å². The molecule has 0 fully saturated rings. The SMILES string of the molecule is Fc1cc(-c2cc(CCl)on2)c(F)c(F)c1F. The van der Waals surface area contributed by atoms with E-state index < -0.39 is 28.8 Å². The molecule has 0 saturated heterocycles. The lowest BCUT2D eigenvalue weighted by Gasteiger charge is -2.02. The van der Waals surface area contributed by atoms with Gasteiger partial charge < -0.3 is 4.52 Å². The molecule has 90 valence electrons. The minimum absolute atomic E-state index is 0.0270. The van der Waals surface area contributed by atoms with E-state index in [1.165, 1.54) is 6.07 Å². The van der Waals surface area contributed by atoms with E-state index in [9.17, 15) is 17.6 Å². The highest BCUT2D eigenvalue weighted by Gasteiger charge is 2.21. The summed E-state index contributed by atoms with van der Waals surface area (Å²) >= 11 is 5.42. The van der Waals surface area contributed by atoms with Crippen LogP contribution in [0.1, 0.15) is 5.76 Å². The molecule has 2 nitrogen and oxygen atoms in total. The average Bonchev–Trinajstić information content (AvgIpc) is 2.79. The highest BCUT2D eigenvalue weighted by Crippen LogP contribution is 2.27. The molecule has 2 rings (SSSR count). The molecule has 0 unspecified atom stereocenters. The van der Waals surface area contributed by atoms with Gasteiger partial charge >= 0.3 is 0 Å². The van der Waals surface area contributed by atoms with Crippen LogP contribution in [0.2, 0.25) is 0 Å². The summed E-state index contributed by atoms with van der Waals surface area (Å²) in [7, 11) is 0. The fourth-order valence-corrected chi connectivity index (χ4v) is 1.39. The van der Waals surface area contributed by atoms with Crippen molar-refractivity contribution in [3.8, 4) is 11.3 Å². The summed E-state index contributed by atoms with van der Waals surface area (Å²) in [4.78, 5) is 0. The van der Waals surface area contributed by atoms with Gasteiger partial charge in [0.05, 0.1) is 5.88 Å². The maximum absolute atomic E-state index is 13.3. The lowest BCUT2D eigenvalue weighted by Crippen LogP contribution is -1.98. The molecule has 0 bridgehead atoms. The predicted molar refractivity (Wildman–Crippen MR) is 51.3 cm³/mol. The molecule has 0 spiro atoms. The van der Waals surface area contributed by atoms with Gasteiger partial charge in [-0.15, -0.1) is 11.6 Å². The largest absolute Gasteiger partial charge is 0.359 e. The second-order valence-electron chi connectivity index (χ2n) is 3.16. The Hall–Kier alpha value is -1.56.